The predicted molar refractivity (Wildman–Crippen MR) is 86.3 cm³/mol. The van der Waals surface area contributed by atoms with Crippen molar-refractivity contribution in [1.29, 1.82) is 0 Å². The van der Waals surface area contributed by atoms with Crippen LogP contribution in [0.4, 0.5) is 4.39 Å². The molecule has 2 rings (SSSR count). The lowest BCUT2D eigenvalue weighted by atomic mass is 9.86. The SMILES string of the molecule is CC(CC(O)c1ccc(F)cc1)NC(=O)C(C)C1CCOCC1. The van der Waals surface area contributed by atoms with Crippen LogP contribution in [0.1, 0.15) is 44.8 Å². The maximum atomic E-state index is 12.9. The Kier molecular flexibility index (Phi) is 6.54. The minimum Gasteiger partial charge on any atom is -0.388 e. The van der Waals surface area contributed by atoms with Crippen molar-refractivity contribution >= 4 is 5.91 Å². The molecule has 0 aromatic heterocycles. The first-order valence-corrected chi connectivity index (χ1v) is 8.29. The van der Waals surface area contributed by atoms with Gasteiger partial charge in [0.05, 0.1) is 6.10 Å². The number of halogens is 1. The minimum absolute atomic E-state index is 0.0238. The topological polar surface area (TPSA) is 58.6 Å². The van der Waals surface area contributed by atoms with Crippen molar-refractivity contribution in [3.63, 3.8) is 0 Å². The third-order valence-corrected chi connectivity index (χ3v) is 4.61. The smallest absolute Gasteiger partial charge is 0.223 e. The van der Waals surface area contributed by atoms with Gasteiger partial charge >= 0.3 is 0 Å². The molecule has 0 spiro atoms. The lowest BCUT2D eigenvalue weighted by Crippen LogP contribution is -2.40. The number of benzene rings is 1. The quantitative estimate of drug-likeness (QED) is 0.846. The number of ether oxygens (including phenoxy) is 1. The van der Waals surface area contributed by atoms with Crippen LogP contribution in [0.3, 0.4) is 0 Å². The van der Waals surface area contributed by atoms with Gasteiger partial charge in [-0.25, -0.2) is 4.39 Å². The largest absolute Gasteiger partial charge is 0.388 e. The number of nitrogens with one attached hydrogen (secondary N) is 1. The number of carbonyl (C=O) groups excluding carboxylic acids is 1. The Labute approximate surface area is 137 Å². The molecule has 3 atom stereocenters. The van der Waals surface area contributed by atoms with E-state index in [2.05, 4.69) is 5.32 Å². The number of aliphatic hydroxyl groups is 1. The average molecular weight is 323 g/mol. The molecule has 1 saturated heterocycles. The highest BCUT2D eigenvalue weighted by Crippen LogP contribution is 2.24. The highest BCUT2D eigenvalue weighted by molar-refractivity contribution is 5.78. The first kappa shape index (κ1) is 17.9. The molecule has 0 radical (unpaired) electrons. The number of carbonyl (C=O) groups is 1. The molecule has 3 unspecified atom stereocenters. The van der Waals surface area contributed by atoms with Gasteiger partial charge in [-0.15, -0.1) is 0 Å². The van der Waals surface area contributed by atoms with Gasteiger partial charge in [-0.05, 0) is 49.8 Å². The Bertz CT molecular complexity index is 499. The molecule has 23 heavy (non-hydrogen) atoms. The van der Waals surface area contributed by atoms with Crippen LogP contribution in [0, 0.1) is 17.7 Å². The predicted octanol–water partition coefficient (Wildman–Crippen LogP) is 2.82. The van der Waals surface area contributed by atoms with Gasteiger partial charge in [-0.3, -0.25) is 4.79 Å². The molecule has 1 amide bonds. The van der Waals surface area contributed by atoms with Crippen LogP contribution in [0.15, 0.2) is 24.3 Å². The summed E-state index contributed by atoms with van der Waals surface area (Å²) in [6.07, 6.45) is 1.52. The van der Waals surface area contributed by atoms with Crippen LogP contribution in [-0.2, 0) is 9.53 Å². The molecule has 1 fully saturated rings. The summed E-state index contributed by atoms with van der Waals surface area (Å²) in [5.74, 6) is 0.00517. The summed E-state index contributed by atoms with van der Waals surface area (Å²) in [5, 5.41) is 13.2. The fourth-order valence-corrected chi connectivity index (χ4v) is 3.02. The molecule has 1 aliphatic rings. The Balaban J connectivity index is 1.82. The van der Waals surface area contributed by atoms with E-state index in [1.807, 2.05) is 13.8 Å². The summed E-state index contributed by atoms with van der Waals surface area (Å²) in [6.45, 7) is 5.28. The van der Waals surface area contributed by atoms with E-state index in [1.54, 1.807) is 12.1 Å². The minimum atomic E-state index is -0.718. The third-order valence-electron chi connectivity index (χ3n) is 4.61. The maximum Gasteiger partial charge on any atom is 0.223 e. The van der Waals surface area contributed by atoms with E-state index in [0.717, 1.165) is 26.1 Å². The van der Waals surface area contributed by atoms with Crippen molar-refractivity contribution in [3.05, 3.63) is 35.6 Å². The van der Waals surface area contributed by atoms with Gasteiger partial charge in [0.15, 0.2) is 0 Å². The molecule has 1 heterocycles. The summed E-state index contributed by atoms with van der Waals surface area (Å²) < 4.78 is 18.2. The molecule has 1 aromatic carbocycles. The summed E-state index contributed by atoms with van der Waals surface area (Å²) in [5.41, 5.74) is 0.657. The Hall–Kier alpha value is -1.46. The number of amides is 1. The zero-order valence-electron chi connectivity index (χ0n) is 13.8. The van der Waals surface area contributed by atoms with Crippen LogP contribution in [0.2, 0.25) is 0 Å². The standard InChI is InChI=1S/C18H26FNO3/c1-12(11-17(21)15-3-5-16(19)6-4-15)20-18(22)13(2)14-7-9-23-10-8-14/h3-6,12-14,17,21H,7-11H2,1-2H3,(H,20,22). The fraction of sp³-hybridized carbons (Fsp3) is 0.611. The zero-order chi connectivity index (χ0) is 16.8. The van der Waals surface area contributed by atoms with Gasteiger partial charge in [-0.2, -0.15) is 0 Å². The molecular formula is C18H26FNO3. The van der Waals surface area contributed by atoms with Gasteiger partial charge in [0.2, 0.25) is 5.91 Å². The number of hydrogen-bond acceptors (Lipinski definition) is 3. The second kappa shape index (κ2) is 8.41. The second-order valence-corrected chi connectivity index (χ2v) is 6.45. The van der Waals surface area contributed by atoms with E-state index in [9.17, 15) is 14.3 Å². The molecule has 0 aliphatic carbocycles. The molecule has 1 aliphatic heterocycles. The Morgan fingerprint density at radius 2 is 1.91 bits per heavy atom. The Morgan fingerprint density at radius 3 is 2.52 bits per heavy atom. The van der Waals surface area contributed by atoms with Crippen molar-refractivity contribution in [2.75, 3.05) is 13.2 Å². The molecule has 2 N–H and O–H groups in total. The van der Waals surface area contributed by atoms with E-state index in [4.69, 9.17) is 4.74 Å². The first-order chi connectivity index (χ1) is 11.0. The van der Waals surface area contributed by atoms with Crippen LogP contribution < -0.4 is 5.32 Å². The molecule has 0 bridgehead atoms. The number of rotatable bonds is 6. The Morgan fingerprint density at radius 1 is 1.30 bits per heavy atom. The summed E-state index contributed by atoms with van der Waals surface area (Å²) in [4.78, 5) is 12.3. The van der Waals surface area contributed by atoms with Gasteiger partial charge in [-0.1, -0.05) is 19.1 Å². The summed E-state index contributed by atoms with van der Waals surface area (Å²) >= 11 is 0. The van der Waals surface area contributed by atoms with Crippen LogP contribution >= 0.6 is 0 Å². The van der Waals surface area contributed by atoms with Crippen molar-refractivity contribution in [2.24, 2.45) is 11.8 Å². The molecule has 128 valence electrons. The highest BCUT2D eigenvalue weighted by Gasteiger charge is 2.27. The van der Waals surface area contributed by atoms with E-state index in [0.29, 0.717) is 17.9 Å². The molecule has 4 nitrogen and oxygen atoms in total. The van der Waals surface area contributed by atoms with Gasteiger partial charge in [0.1, 0.15) is 5.82 Å². The maximum absolute atomic E-state index is 12.9. The molecule has 0 saturated carbocycles. The van der Waals surface area contributed by atoms with Crippen LogP contribution in [0.5, 0.6) is 0 Å². The first-order valence-electron chi connectivity index (χ1n) is 8.29. The second-order valence-electron chi connectivity index (χ2n) is 6.45. The highest BCUT2D eigenvalue weighted by atomic mass is 19.1. The molecule has 1 aromatic rings. The monoisotopic (exact) mass is 323 g/mol. The van der Waals surface area contributed by atoms with Crippen LogP contribution in [0.25, 0.3) is 0 Å². The normalized spacial score (nSPS) is 19.8. The van der Waals surface area contributed by atoms with Gasteiger partial charge < -0.3 is 15.2 Å². The van der Waals surface area contributed by atoms with E-state index >= 15 is 0 Å². The van der Waals surface area contributed by atoms with Gasteiger partial charge in [0, 0.05) is 25.2 Å². The third kappa shape index (κ3) is 5.29. The lowest BCUT2D eigenvalue weighted by Gasteiger charge is -2.28. The molecular weight excluding hydrogens is 297 g/mol. The zero-order valence-corrected chi connectivity index (χ0v) is 13.8. The van der Waals surface area contributed by atoms with Crippen molar-refractivity contribution in [2.45, 2.75) is 45.3 Å². The van der Waals surface area contributed by atoms with E-state index in [1.165, 1.54) is 12.1 Å². The van der Waals surface area contributed by atoms with Crippen molar-refractivity contribution in [3.8, 4) is 0 Å². The van der Waals surface area contributed by atoms with E-state index in [-0.39, 0.29) is 23.7 Å². The van der Waals surface area contributed by atoms with Crippen LogP contribution in [-0.4, -0.2) is 30.3 Å². The van der Waals surface area contributed by atoms with Crippen molar-refractivity contribution < 1.29 is 19.0 Å². The number of hydrogen-bond donors (Lipinski definition) is 2. The number of aliphatic hydroxyl groups excluding tert-OH is 1. The van der Waals surface area contributed by atoms with E-state index < -0.39 is 6.10 Å². The summed E-state index contributed by atoms with van der Waals surface area (Å²) in [7, 11) is 0. The average Bonchev–Trinajstić information content (AvgIpc) is 2.55. The van der Waals surface area contributed by atoms with Crippen molar-refractivity contribution in [1.82, 2.24) is 5.32 Å². The van der Waals surface area contributed by atoms with Gasteiger partial charge in [0.25, 0.3) is 0 Å². The summed E-state index contributed by atoms with van der Waals surface area (Å²) in [6, 6.07) is 5.65. The fourth-order valence-electron chi connectivity index (χ4n) is 3.02. The lowest BCUT2D eigenvalue weighted by molar-refractivity contribution is -0.128. The molecule has 5 heteroatoms.